The predicted octanol–water partition coefficient (Wildman–Crippen LogP) is 4.71. The Labute approximate surface area is 145 Å². The van der Waals surface area contributed by atoms with E-state index in [4.69, 9.17) is 0 Å². The summed E-state index contributed by atoms with van der Waals surface area (Å²) in [6.45, 7) is 1.98. The van der Waals surface area contributed by atoms with Crippen molar-refractivity contribution in [2.24, 2.45) is 0 Å². The van der Waals surface area contributed by atoms with E-state index in [1.54, 1.807) is 0 Å². The number of aryl methyl sites for hydroxylation is 1. The Morgan fingerprint density at radius 3 is 2.50 bits per heavy atom. The number of anilines is 4. The summed E-state index contributed by atoms with van der Waals surface area (Å²) in [6.07, 6.45) is 1.41. The van der Waals surface area contributed by atoms with Crippen LogP contribution in [0.25, 0.3) is 0 Å². The van der Waals surface area contributed by atoms with Gasteiger partial charge in [0.05, 0.1) is 6.20 Å². The molecule has 0 amide bonds. The summed E-state index contributed by atoms with van der Waals surface area (Å²) >= 11 is 3.45. The minimum atomic E-state index is -0.737. The van der Waals surface area contributed by atoms with E-state index in [0.29, 0.717) is 5.82 Å². The van der Waals surface area contributed by atoms with Crippen LogP contribution in [-0.4, -0.2) is 15.2 Å². The normalized spacial score (nSPS) is 10.5. The second-order valence-corrected chi connectivity index (χ2v) is 5.83. The molecule has 0 aliphatic heterocycles. The maximum atomic E-state index is 13.7. The topological polar surface area (TPSA) is 62.7 Å². The Bertz CT molecular complexity index is 868. The molecule has 0 unspecified atom stereocenters. The molecule has 24 heavy (non-hydrogen) atoms. The third-order valence-electron chi connectivity index (χ3n) is 3.20. The Hall–Kier alpha value is -2.61. The van der Waals surface area contributed by atoms with Crippen LogP contribution in [0.2, 0.25) is 0 Å². The zero-order chi connectivity index (χ0) is 17.1. The predicted molar refractivity (Wildman–Crippen MR) is 91.6 cm³/mol. The number of nitrogens with zero attached hydrogens (tertiary/aromatic N) is 3. The summed E-state index contributed by atoms with van der Waals surface area (Å²) in [5.74, 6) is -1.10. The van der Waals surface area contributed by atoms with Crippen molar-refractivity contribution < 1.29 is 8.78 Å². The van der Waals surface area contributed by atoms with Crippen molar-refractivity contribution in [3.05, 3.63) is 64.3 Å². The average molecular weight is 392 g/mol. The first-order valence-corrected chi connectivity index (χ1v) is 7.76. The maximum absolute atomic E-state index is 13.7. The second kappa shape index (κ2) is 6.88. The van der Waals surface area contributed by atoms with Crippen molar-refractivity contribution >= 4 is 39.1 Å². The highest BCUT2D eigenvalue weighted by Gasteiger charge is 2.10. The van der Waals surface area contributed by atoms with Gasteiger partial charge in [-0.3, -0.25) is 0 Å². The van der Waals surface area contributed by atoms with E-state index in [0.717, 1.165) is 27.9 Å². The van der Waals surface area contributed by atoms with E-state index in [-0.39, 0.29) is 11.6 Å². The first kappa shape index (κ1) is 16.3. The standard InChI is InChI=1S/C16H12BrF2N5/c1-9-5-6-10(7-11(9)17)21-14-8-20-24-16(22-14)23-15-12(18)3-2-4-13(15)19/h2-8H,1H3,(H2,21,22,23,24). The van der Waals surface area contributed by atoms with Gasteiger partial charge in [-0.15, -0.1) is 5.10 Å². The molecule has 0 saturated carbocycles. The summed E-state index contributed by atoms with van der Waals surface area (Å²) < 4.78 is 28.3. The molecule has 0 radical (unpaired) electrons. The molecule has 0 aliphatic carbocycles. The average Bonchev–Trinajstić information content (AvgIpc) is 2.55. The molecule has 5 nitrogen and oxygen atoms in total. The lowest BCUT2D eigenvalue weighted by Gasteiger charge is -2.09. The van der Waals surface area contributed by atoms with Crippen LogP contribution in [0.1, 0.15) is 5.56 Å². The van der Waals surface area contributed by atoms with E-state index in [2.05, 4.69) is 41.7 Å². The number of nitrogens with one attached hydrogen (secondary N) is 2. The van der Waals surface area contributed by atoms with E-state index in [1.807, 2.05) is 25.1 Å². The molecule has 0 atom stereocenters. The van der Waals surface area contributed by atoms with E-state index in [1.165, 1.54) is 12.3 Å². The molecule has 2 aromatic carbocycles. The van der Waals surface area contributed by atoms with Gasteiger partial charge in [0.1, 0.15) is 17.3 Å². The SMILES string of the molecule is Cc1ccc(Nc2cnnc(Nc3c(F)cccc3F)n2)cc1Br. The highest BCUT2D eigenvalue weighted by atomic mass is 79.9. The van der Waals surface area contributed by atoms with Crippen LogP contribution in [-0.2, 0) is 0 Å². The molecule has 3 rings (SSSR count). The van der Waals surface area contributed by atoms with Gasteiger partial charge in [0.25, 0.3) is 0 Å². The third kappa shape index (κ3) is 3.65. The Balaban J connectivity index is 1.82. The zero-order valence-electron chi connectivity index (χ0n) is 12.5. The Morgan fingerprint density at radius 2 is 1.79 bits per heavy atom. The number of benzene rings is 2. The van der Waals surface area contributed by atoms with Gasteiger partial charge in [0, 0.05) is 10.2 Å². The molecule has 1 heterocycles. The number of hydrogen-bond donors (Lipinski definition) is 2. The van der Waals surface area contributed by atoms with Gasteiger partial charge in [-0.05, 0) is 36.8 Å². The number of rotatable bonds is 4. The van der Waals surface area contributed by atoms with Crippen LogP contribution in [0.5, 0.6) is 0 Å². The summed E-state index contributed by atoms with van der Waals surface area (Å²) in [5.41, 5.74) is 1.56. The quantitative estimate of drug-likeness (QED) is 0.674. The van der Waals surface area contributed by atoms with Gasteiger partial charge in [0.2, 0.25) is 5.95 Å². The molecular formula is C16H12BrF2N5. The molecule has 3 aromatic rings. The molecular weight excluding hydrogens is 380 g/mol. The number of hydrogen-bond acceptors (Lipinski definition) is 5. The van der Waals surface area contributed by atoms with Crippen LogP contribution in [0.3, 0.4) is 0 Å². The minimum absolute atomic E-state index is 0.0184. The smallest absolute Gasteiger partial charge is 0.249 e. The first-order chi connectivity index (χ1) is 11.5. The summed E-state index contributed by atoms with van der Waals surface area (Å²) in [7, 11) is 0. The highest BCUT2D eigenvalue weighted by Crippen LogP contribution is 2.24. The number of aromatic nitrogens is 3. The Kier molecular flexibility index (Phi) is 4.66. The van der Waals surface area contributed by atoms with Crippen LogP contribution < -0.4 is 10.6 Å². The molecule has 0 fully saturated rings. The van der Waals surface area contributed by atoms with Crippen molar-refractivity contribution in [1.29, 1.82) is 0 Å². The van der Waals surface area contributed by atoms with E-state index < -0.39 is 11.6 Å². The second-order valence-electron chi connectivity index (χ2n) is 4.98. The third-order valence-corrected chi connectivity index (χ3v) is 4.06. The molecule has 2 N–H and O–H groups in total. The fourth-order valence-electron chi connectivity index (χ4n) is 1.96. The first-order valence-electron chi connectivity index (χ1n) is 6.97. The van der Waals surface area contributed by atoms with Gasteiger partial charge < -0.3 is 10.6 Å². The molecule has 122 valence electrons. The van der Waals surface area contributed by atoms with Crippen LogP contribution in [0, 0.1) is 18.6 Å². The monoisotopic (exact) mass is 391 g/mol. The Morgan fingerprint density at radius 1 is 1.04 bits per heavy atom. The summed E-state index contributed by atoms with van der Waals surface area (Å²) in [4.78, 5) is 4.15. The molecule has 0 spiro atoms. The van der Waals surface area contributed by atoms with Crippen molar-refractivity contribution in [1.82, 2.24) is 15.2 Å². The number of para-hydroxylation sites is 1. The van der Waals surface area contributed by atoms with Gasteiger partial charge in [0.15, 0.2) is 5.82 Å². The summed E-state index contributed by atoms with van der Waals surface area (Å²) in [5, 5.41) is 13.1. The van der Waals surface area contributed by atoms with Gasteiger partial charge in [-0.2, -0.15) is 10.1 Å². The minimum Gasteiger partial charge on any atom is -0.339 e. The molecule has 0 bridgehead atoms. The number of halogens is 3. The fourth-order valence-corrected chi connectivity index (χ4v) is 2.34. The lowest BCUT2D eigenvalue weighted by molar-refractivity contribution is 0.590. The lowest BCUT2D eigenvalue weighted by Crippen LogP contribution is -2.04. The van der Waals surface area contributed by atoms with Crippen molar-refractivity contribution in [2.75, 3.05) is 10.6 Å². The van der Waals surface area contributed by atoms with Gasteiger partial charge >= 0.3 is 0 Å². The zero-order valence-corrected chi connectivity index (χ0v) is 14.1. The summed E-state index contributed by atoms with van der Waals surface area (Å²) in [6, 6.07) is 9.28. The van der Waals surface area contributed by atoms with Gasteiger partial charge in [-0.25, -0.2) is 8.78 Å². The van der Waals surface area contributed by atoms with Gasteiger partial charge in [-0.1, -0.05) is 28.1 Å². The molecule has 8 heteroatoms. The van der Waals surface area contributed by atoms with Crippen molar-refractivity contribution in [2.45, 2.75) is 6.92 Å². The van der Waals surface area contributed by atoms with Crippen LogP contribution in [0.15, 0.2) is 47.1 Å². The largest absolute Gasteiger partial charge is 0.339 e. The maximum Gasteiger partial charge on any atom is 0.249 e. The fraction of sp³-hybridized carbons (Fsp3) is 0.0625. The lowest BCUT2D eigenvalue weighted by atomic mass is 10.2. The highest BCUT2D eigenvalue weighted by molar-refractivity contribution is 9.10. The van der Waals surface area contributed by atoms with Crippen LogP contribution >= 0.6 is 15.9 Å². The van der Waals surface area contributed by atoms with E-state index >= 15 is 0 Å². The van der Waals surface area contributed by atoms with Crippen molar-refractivity contribution in [3.63, 3.8) is 0 Å². The van der Waals surface area contributed by atoms with Crippen molar-refractivity contribution in [3.8, 4) is 0 Å². The molecule has 0 saturated heterocycles. The van der Waals surface area contributed by atoms with Crippen LogP contribution in [0.4, 0.5) is 31.9 Å². The molecule has 1 aromatic heterocycles. The van der Waals surface area contributed by atoms with E-state index in [9.17, 15) is 8.78 Å². The molecule has 0 aliphatic rings.